The predicted octanol–water partition coefficient (Wildman–Crippen LogP) is 4.41. The fourth-order valence-corrected chi connectivity index (χ4v) is 2.09. The van der Waals surface area contributed by atoms with Gasteiger partial charge in [0, 0.05) is 17.0 Å². The lowest BCUT2D eigenvalue weighted by Gasteiger charge is -2.07. The molecule has 1 aromatic carbocycles. The average Bonchev–Trinajstić information content (AvgIpc) is 2.38. The van der Waals surface area contributed by atoms with Crippen molar-refractivity contribution in [2.75, 3.05) is 0 Å². The van der Waals surface area contributed by atoms with E-state index in [2.05, 4.69) is 10.5 Å². The van der Waals surface area contributed by atoms with Crippen LogP contribution in [0, 0.1) is 0 Å². The van der Waals surface area contributed by atoms with Crippen LogP contribution in [0.4, 0.5) is 0 Å². The normalized spacial score (nSPS) is 11.5. The van der Waals surface area contributed by atoms with Gasteiger partial charge in [-0.3, -0.25) is 4.79 Å². The molecule has 0 aliphatic rings. The highest BCUT2D eigenvalue weighted by molar-refractivity contribution is 6.37. The smallest absolute Gasteiger partial charge is 0.240 e. The second-order valence-corrected chi connectivity index (χ2v) is 5.02. The van der Waals surface area contributed by atoms with Crippen LogP contribution in [0.2, 0.25) is 10.0 Å². The first kappa shape index (κ1) is 16.0. The minimum absolute atomic E-state index is 0.0714. The van der Waals surface area contributed by atoms with Crippen LogP contribution in [0.1, 0.15) is 45.1 Å². The topological polar surface area (TPSA) is 41.5 Å². The molecular weight excluding hydrogens is 283 g/mol. The quantitative estimate of drug-likeness (QED) is 0.613. The highest BCUT2D eigenvalue weighted by Crippen LogP contribution is 2.22. The highest BCUT2D eigenvalue weighted by Gasteiger charge is 2.08. The van der Waals surface area contributed by atoms with Gasteiger partial charge < -0.3 is 0 Å². The summed E-state index contributed by atoms with van der Waals surface area (Å²) >= 11 is 12.0. The van der Waals surface area contributed by atoms with Crippen molar-refractivity contribution in [1.29, 1.82) is 0 Å². The number of benzene rings is 1. The van der Waals surface area contributed by atoms with Crippen molar-refractivity contribution in [1.82, 2.24) is 5.43 Å². The number of halogens is 2. The van der Waals surface area contributed by atoms with E-state index < -0.39 is 0 Å². The largest absolute Gasteiger partial charge is 0.273 e. The summed E-state index contributed by atoms with van der Waals surface area (Å²) in [6.45, 7) is 4.00. The molecule has 0 aromatic heterocycles. The molecule has 5 heteroatoms. The Hall–Kier alpha value is -1.06. The van der Waals surface area contributed by atoms with Crippen LogP contribution in [0.5, 0.6) is 0 Å². The number of rotatable bonds is 6. The van der Waals surface area contributed by atoms with E-state index in [4.69, 9.17) is 23.2 Å². The summed E-state index contributed by atoms with van der Waals surface area (Å²) in [6.07, 6.45) is 3.02. The molecular formula is C14H18Cl2N2O. The average molecular weight is 301 g/mol. The molecule has 1 amide bonds. The van der Waals surface area contributed by atoms with Gasteiger partial charge in [-0.05, 0) is 25.0 Å². The molecule has 3 nitrogen and oxygen atoms in total. The van der Waals surface area contributed by atoms with Crippen molar-refractivity contribution in [2.45, 2.75) is 39.5 Å². The molecule has 19 heavy (non-hydrogen) atoms. The number of amides is 1. The van der Waals surface area contributed by atoms with Gasteiger partial charge in [0.2, 0.25) is 5.91 Å². The maximum absolute atomic E-state index is 11.5. The fraction of sp³-hybridized carbons (Fsp3) is 0.429. The number of hydrogen-bond donors (Lipinski definition) is 1. The van der Waals surface area contributed by atoms with Crippen LogP contribution in [0.15, 0.2) is 23.3 Å². The molecule has 1 aromatic rings. The third-order valence-electron chi connectivity index (χ3n) is 2.65. The Bertz CT molecular complexity index is 473. The standard InChI is InChI=1S/C14H18Cl2N2O/c1-3-5-6-14(19)18-17-13(4-2)11-8-7-10(15)9-12(11)16/h7-9H,3-6H2,1-2H3,(H,18,19). The first-order valence-corrected chi connectivity index (χ1v) is 7.14. The minimum Gasteiger partial charge on any atom is -0.273 e. The van der Waals surface area contributed by atoms with Crippen molar-refractivity contribution >= 4 is 34.8 Å². The molecule has 0 saturated heterocycles. The molecule has 0 saturated carbocycles. The van der Waals surface area contributed by atoms with Gasteiger partial charge in [0.15, 0.2) is 0 Å². The van der Waals surface area contributed by atoms with Crippen molar-refractivity contribution in [3.63, 3.8) is 0 Å². The van der Waals surface area contributed by atoms with Crippen LogP contribution in [0.3, 0.4) is 0 Å². The Kier molecular flexibility index (Phi) is 6.89. The summed E-state index contributed by atoms with van der Waals surface area (Å²) < 4.78 is 0. The Morgan fingerprint density at radius 1 is 1.32 bits per heavy atom. The van der Waals surface area contributed by atoms with Crippen LogP contribution < -0.4 is 5.43 Å². The van der Waals surface area contributed by atoms with Gasteiger partial charge in [-0.25, -0.2) is 5.43 Å². The van der Waals surface area contributed by atoms with E-state index in [1.165, 1.54) is 0 Å². The van der Waals surface area contributed by atoms with Gasteiger partial charge >= 0.3 is 0 Å². The predicted molar refractivity (Wildman–Crippen MR) is 81.0 cm³/mol. The third kappa shape index (κ3) is 5.21. The zero-order valence-electron chi connectivity index (χ0n) is 11.2. The lowest BCUT2D eigenvalue weighted by atomic mass is 10.1. The highest BCUT2D eigenvalue weighted by atomic mass is 35.5. The van der Waals surface area contributed by atoms with Crippen molar-refractivity contribution in [3.8, 4) is 0 Å². The Balaban J connectivity index is 2.79. The summed E-state index contributed by atoms with van der Waals surface area (Å²) in [5.74, 6) is -0.0714. The van der Waals surface area contributed by atoms with E-state index in [0.29, 0.717) is 22.9 Å². The molecule has 0 bridgehead atoms. The molecule has 0 heterocycles. The maximum atomic E-state index is 11.5. The van der Waals surface area contributed by atoms with Gasteiger partial charge in [-0.1, -0.05) is 49.5 Å². The van der Waals surface area contributed by atoms with E-state index in [0.717, 1.165) is 24.1 Å². The first-order valence-electron chi connectivity index (χ1n) is 6.39. The molecule has 0 radical (unpaired) electrons. The van der Waals surface area contributed by atoms with E-state index >= 15 is 0 Å². The molecule has 0 fully saturated rings. The molecule has 0 aliphatic heterocycles. The summed E-state index contributed by atoms with van der Waals surface area (Å²) in [4.78, 5) is 11.5. The Labute approximate surface area is 124 Å². The lowest BCUT2D eigenvalue weighted by Crippen LogP contribution is -2.19. The monoisotopic (exact) mass is 300 g/mol. The Morgan fingerprint density at radius 3 is 2.63 bits per heavy atom. The van der Waals surface area contributed by atoms with Crippen molar-refractivity contribution < 1.29 is 4.79 Å². The number of nitrogens with one attached hydrogen (secondary N) is 1. The van der Waals surface area contributed by atoms with Crippen molar-refractivity contribution in [3.05, 3.63) is 33.8 Å². The Morgan fingerprint density at radius 2 is 2.05 bits per heavy atom. The van der Waals surface area contributed by atoms with Crippen LogP contribution in [0.25, 0.3) is 0 Å². The second kappa shape index (κ2) is 8.18. The summed E-state index contributed by atoms with van der Waals surface area (Å²) in [5.41, 5.74) is 4.10. The number of nitrogens with zero attached hydrogens (tertiary/aromatic N) is 1. The van der Waals surface area contributed by atoms with E-state index in [1.54, 1.807) is 12.1 Å². The number of carbonyl (C=O) groups excluding carboxylic acids is 1. The molecule has 1 rings (SSSR count). The molecule has 0 aliphatic carbocycles. The van der Waals surface area contributed by atoms with Gasteiger partial charge in [0.25, 0.3) is 0 Å². The van der Waals surface area contributed by atoms with Gasteiger partial charge in [0.1, 0.15) is 0 Å². The molecule has 104 valence electrons. The van der Waals surface area contributed by atoms with Crippen LogP contribution >= 0.6 is 23.2 Å². The number of hydrogen-bond acceptors (Lipinski definition) is 2. The fourth-order valence-electron chi connectivity index (χ4n) is 1.58. The number of unbranched alkanes of at least 4 members (excludes halogenated alkanes) is 1. The number of hydrazone groups is 1. The number of carbonyl (C=O) groups is 1. The van der Waals surface area contributed by atoms with E-state index in [9.17, 15) is 4.79 Å². The van der Waals surface area contributed by atoms with E-state index in [-0.39, 0.29) is 5.91 Å². The van der Waals surface area contributed by atoms with Crippen LogP contribution in [-0.2, 0) is 4.79 Å². The third-order valence-corrected chi connectivity index (χ3v) is 3.20. The second-order valence-electron chi connectivity index (χ2n) is 4.17. The van der Waals surface area contributed by atoms with Crippen LogP contribution in [-0.4, -0.2) is 11.6 Å². The van der Waals surface area contributed by atoms with E-state index in [1.807, 2.05) is 19.9 Å². The van der Waals surface area contributed by atoms with Gasteiger partial charge in [-0.15, -0.1) is 0 Å². The van der Waals surface area contributed by atoms with Gasteiger partial charge in [-0.2, -0.15) is 5.10 Å². The summed E-state index contributed by atoms with van der Waals surface area (Å²) in [7, 11) is 0. The lowest BCUT2D eigenvalue weighted by molar-refractivity contribution is -0.121. The first-order chi connectivity index (χ1) is 9.08. The zero-order chi connectivity index (χ0) is 14.3. The molecule has 0 atom stereocenters. The minimum atomic E-state index is -0.0714. The summed E-state index contributed by atoms with van der Waals surface area (Å²) in [5, 5.41) is 5.26. The zero-order valence-corrected chi connectivity index (χ0v) is 12.7. The molecule has 1 N–H and O–H groups in total. The molecule has 0 unspecified atom stereocenters. The maximum Gasteiger partial charge on any atom is 0.240 e. The summed E-state index contributed by atoms with van der Waals surface area (Å²) in [6, 6.07) is 5.24. The van der Waals surface area contributed by atoms with Crippen molar-refractivity contribution in [2.24, 2.45) is 5.10 Å². The molecule has 0 spiro atoms. The van der Waals surface area contributed by atoms with Gasteiger partial charge in [0.05, 0.1) is 10.7 Å². The SMILES string of the molecule is CCCCC(=O)NN=C(CC)c1ccc(Cl)cc1Cl.